The second-order valence-electron chi connectivity index (χ2n) is 3.13. The Balaban J connectivity index is 0.00000225. The Morgan fingerprint density at radius 3 is 2.62 bits per heavy atom. The van der Waals surface area contributed by atoms with Gasteiger partial charge in [-0.15, -0.1) is 12.4 Å². The van der Waals surface area contributed by atoms with Crippen molar-refractivity contribution in [3.63, 3.8) is 0 Å². The lowest BCUT2D eigenvalue weighted by Gasteiger charge is -2.02. The highest BCUT2D eigenvalue weighted by Crippen LogP contribution is 2.03. The second kappa shape index (κ2) is 5.28. The van der Waals surface area contributed by atoms with Gasteiger partial charge in [0, 0.05) is 12.6 Å². The first-order valence-corrected chi connectivity index (χ1v) is 5.88. The molecule has 1 rings (SSSR count). The maximum Gasteiger partial charge on any atom is 0.320 e. The molecule has 1 heterocycles. The number of nitrogens with zero attached hydrogens (tertiary/aromatic N) is 2. The molecule has 9 heteroatoms. The summed E-state index contributed by atoms with van der Waals surface area (Å²) in [6.07, 6.45) is 3.58. The van der Waals surface area contributed by atoms with E-state index in [4.69, 9.17) is 10.8 Å². The second-order valence-corrected chi connectivity index (χ2v) is 4.97. The summed E-state index contributed by atoms with van der Waals surface area (Å²) in [7, 11) is -3.42. The first-order chi connectivity index (χ1) is 6.80. The van der Waals surface area contributed by atoms with Crippen LogP contribution in [0.3, 0.4) is 0 Å². The van der Waals surface area contributed by atoms with Crippen molar-refractivity contribution in [1.29, 1.82) is 0 Å². The van der Waals surface area contributed by atoms with Gasteiger partial charge < -0.3 is 10.8 Å². The summed E-state index contributed by atoms with van der Waals surface area (Å²) in [4.78, 5) is 10.4. The number of hydrogen-bond acceptors (Lipinski definition) is 5. The number of carboxylic acid groups (broad SMARTS) is 1. The van der Waals surface area contributed by atoms with Crippen LogP contribution in [-0.2, 0) is 21.2 Å². The Kier molecular flexibility index (Phi) is 4.91. The van der Waals surface area contributed by atoms with Gasteiger partial charge in [-0.05, 0) is 5.56 Å². The molecule has 16 heavy (non-hydrogen) atoms. The average Bonchev–Trinajstić information content (AvgIpc) is 2.51. The molecule has 0 amide bonds. The number of carboxylic acids is 1. The molecule has 0 saturated carbocycles. The van der Waals surface area contributed by atoms with Crippen molar-refractivity contribution in [2.45, 2.75) is 12.5 Å². The van der Waals surface area contributed by atoms with Crippen LogP contribution in [0, 0.1) is 0 Å². The zero-order chi connectivity index (χ0) is 11.6. The Morgan fingerprint density at radius 1 is 1.69 bits per heavy atom. The number of nitrogens with two attached hydrogens (primary N) is 1. The molecular weight excluding hydrogens is 258 g/mol. The Bertz CT molecular complexity index is 470. The fraction of sp³-hybridized carbons (Fsp3) is 0.429. The van der Waals surface area contributed by atoms with Gasteiger partial charge in [-0.2, -0.15) is 9.19 Å². The van der Waals surface area contributed by atoms with Gasteiger partial charge in [0.2, 0.25) is 0 Å². The number of aromatic nitrogens is 2. The van der Waals surface area contributed by atoms with E-state index in [1.165, 1.54) is 12.4 Å². The van der Waals surface area contributed by atoms with Gasteiger partial charge in [0.15, 0.2) is 0 Å². The van der Waals surface area contributed by atoms with Crippen molar-refractivity contribution in [1.82, 2.24) is 9.19 Å². The molecule has 0 aliphatic carbocycles. The highest BCUT2D eigenvalue weighted by molar-refractivity contribution is 7.89. The molecule has 3 N–H and O–H groups in total. The van der Waals surface area contributed by atoms with Crippen LogP contribution in [0.25, 0.3) is 0 Å². The number of hydrogen-bond donors (Lipinski definition) is 2. The monoisotopic (exact) mass is 269 g/mol. The molecular formula is C7H12ClN3O4S. The molecule has 0 spiro atoms. The molecule has 1 aromatic rings. The highest BCUT2D eigenvalue weighted by Gasteiger charge is 2.14. The van der Waals surface area contributed by atoms with Crippen LogP contribution in [0.15, 0.2) is 12.4 Å². The quantitative estimate of drug-likeness (QED) is 0.729. The van der Waals surface area contributed by atoms with Gasteiger partial charge >= 0.3 is 5.97 Å². The number of aliphatic carboxylic acids is 1. The van der Waals surface area contributed by atoms with Crippen LogP contribution in [0.1, 0.15) is 5.56 Å². The van der Waals surface area contributed by atoms with E-state index < -0.39 is 22.0 Å². The smallest absolute Gasteiger partial charge is 0.320 e. The molecule has 0 fully saturated rings. The van der Waals surface area contributed by atoms with E-state index in [1.54, 1.807) is 0 Å². The summed E-state index contributed by atoms with van der Waals surface area (Å²) in [5.74, 6) is -1.14. The lowest BCUT2D eigenvalue weighted by Crippen LogP contribution is -2.32. The number of halogens is 1. The first kappa shape index (κ1) is 14.9. The van der Waals surface area contributed by atoms with Crippen molar-refractivity contribution >= 4 is 28.4 Å². The fourth-order valence-corrected chi connectivity index (χ4v) is 1.51. The highest BCUT2D eigenvalue weighted by atomic mass is 35.5. The van der Waals surface area contributed by atoms with Crippen LogP contribution in [0.5, 0.6) is 0 Å². The zero-order valence-electron chi connectivity index (χ0n) is 8.40. The standard InChI is InChI=1S/C7H11N3O4S.ClH/c1-15(13,14)10-4-5(3-9-10)2-6(8)7(11)12;/h3-4,6H,2,8H2,1H3,(H,11,12);1H/t6-;/m0./s1. The molecule has 0 aliphatic rings. The van der Waals surface area contributed by atoms with E-state index in [1.807, 2.05) is 0 Å². The summed E-state index contributed by atoms with van der Waals surface area (Å²) < 4.78 is 22.8. The molecule has 92 valence electrons. The molecule has 7 nitrogen and oxygen atoms in total. The van der Waals surface area contributed by atoms with Crippen molar-refractivity contribution in [2.24, 2.45) is 5.73 Å². The summed E-state index contributed by atoms with van der Waals surface area (Å²) in [5, 5.41) is 12.1. The van der Waals surface area contributed by atoms with Gasteiger partial charge in [-0.3, -0.25) is 4.79 Å². The average molecular weight is 270 g/mol. The predicted octanol–water partition coefficient (Wildman–Crippen LogP) is -0.933. The maximum absolute atomic E-state index is 11.0. The van der Waals surface area contributed by atoms with Crippen LogP contribution in [0.4, 0.5) is 0 Å². The van der Waals surface area contributed by atoms with Crippen LogP contribution < -0.4 is 5.73 Å². The summed E-state index contributed by atoms with van der Waals surface area (Å²) >= 11 is 0. The van der Waals surface area contributed by atoms with Crippen LogP contribution in [0.2, 0.25) is 0 Å². The molecule has 0 radical (unpaired) electrons. The molecule has 1 aromatic heterocycles. The summed E-state index contributed by atoms with van der Waals surface area (Å²) in [5.41, 5.74) is 5.75. The molecule has 0 aliphatic heterocycles. The number of rotatable bonds is 4. The summed E-state index contributed by atoms with van der Waals surface area (Å²) in [6, 6.07) is -1.05. The lowest BCUT2D eigenvalue weighted by atomic mass is 10.1. The van der Waals surface area contributed by atoms with Crippen molar-refractivity contribution in [3.8, 4) is 0 Å². The minimum Gasteiger partial charge on any atom is -0.480 e. The SMILES string of the molecule is CS(=O)(=O)n1cc(C[C@H](N)C(=O)O)cn1.Cl. The molecule has 0 saturated heterocycles. The zero-order valence-corrected chi connectivity index (χ0v) is 10.0. The van der Waals surface area contributed by atoms with E-state index in [9.17, 15) is 13.2 Å². The van der Waals surface area contributed by atoms with Gasteiger partial charge in [-0.1, -0.05) is 0 Å². The molecule has 0 aromatic carbocycles. The van der Waals surface area contributed by atoms with Gasteiger partial charge in [0.05, 0.1) is 12.5 Å². The van der Waals surface area contributed by atoms with E-state index in [0.29, 0.717) is 5.56 Å². The topological polar surface area (TPSA) is 115 Å². The third-order valence-corrected chi connectivity index (χ3v) is 2.61. The van der Waals surface area contributed by atoms with Crippen molar-refractivity contribution in [3.05, 3.63) is 18.0 Å². The van der Waals surface area contributed by atoms with Gasteiger partial charge in [0.25, 0.3) is 10.0 Å². The van der Waals surface area contributed by atoms with E-state index in [0.717, 1.165) is 10.3 Å². The van der Waals surface area contributed by atoms with Gasteiger partial charge in [-0.25, -0.2) is 8.42 Å². The largest absolute Gasteiger partial charge is 0.480 e. The minimum absolute atomic E-state index is 0. The Hall–Kier alpha value is -1.12. The Morgan fingerprint density at radius 2 is 2.25 bits per heavy atom. The normalized spacial score (nSPS) is 12.9. The van der Waals surface area contributed by atoms with E-state index in [2.05, 4.69) is 5.10 Å². The predicted molar refractivity (Wildman–Crippen MR) is 59.0 cm³/mol. The van der Waals surface area contributed by atoms with Crippen LogP contribution >= 0.6 is 12.4 Å². The van der Waals surface area contributed by atoms with Crippen LogP contribution in [-0.4, -0.2) is 41.0 Å². The van der Waals surface area contributed by atoms with Crippen molar-refractivity contribution < 1.29 is 18.3 Å². The number of carbonyl (C=O) groups is 1. The maximum atomic E-state index is 11.0. The molecule has 0 bridgehead atoms. The fourth-order valence-electron chi connectivity index (χ4n) is 0.968. The van der Waals surface area contributed by atoms with Gasteiger partial charge in [0.1, 0.15) is 6.04 Å². The molecule has 1 atom stereocenters. The third kappa shape index (κ3) is 3.80. The lowest BCUT2D eigenvalue weighted by molar-refractivity contribution is -0.138. The summed E-state index contributed by atoms with van der Waals surface area (Å²) in [6.45, 7) is 0. The van der Waals surface area contributed by atoms with Crippen molar-refractivity contribution in [2.75, 3.05) is 6.26 Å². The molecule has 0 unspecified atom stereocenters. The first-order valence-electron chi connectivity index (χ1n) is 4.03. The van der Waals surface area contributed by atoms with E-state index in [-0.39, 0.29) is 18.8 Å². The Labute approximate surface area is 98.7 Å². The third-order valence-electron chi connectivity index (χ3n) is 1.73. The van der Waals surface area contributed by atoms with E-state index >= 15 is 0 Å². The minimum atomic E-state index is -3.42.